The van der Waals surface area contributed by atoms with Gasteiger partial charge in [0.15, 0.2) is 5.65 Å². The van der Waals surface area contributed by atoms with Crippen molar-refractivity contribution in [2.45, 2.75) is 33.7 Å². The van der Waals surface area contributed by atoms with Gasteiger partial charge in [0, 0.05) is 18.2 Å². The molecule has 0 atom stereocenters. The molecule has 7 heteroatoms. The lowest BCUT2D eigenvalue weighted by Gasteiger charge is -2.09. The zero-order valence-electron chi connectivity index (χ0n) is 13.9. The van der Waals surface area contributed by atoms with Gasteiger partial charge in [0.1, 0.15) is 17.0 Å². The standard InChI is InChI=1S/C17H19N5O2/c1-4-15-20-16-10(2)7-11(3)19-17(16)21(15)9-12-5-6-13(18)14(8-12)22(23)24/h5-8H,4,9,18H2,1-3H3. The number of anilines is 1. The predicted octanol–water partition coefficient (Wildman–Crippen LogP) is 3.15. The molecule has 0 amide bonds. The van der Waals surface area contributed by atoms with E-state index in [-0.39, 0.29) is 11.4 Å². The lowest BCUT2D eigenvalue weighted by atomic mass is 10.1. The number of fused-ring (bicyclic) bond motifs is 1. The molecule has 0 saturated carbocycles. The Bertz CT molecular complexity index is 946. The zero-order valence-corrected chi connectivity index (χ0v) is 13.9. The quantitative estimate of drug-likeness (QED) is 0.451. The zero-order chi connectivity index (χ0) is 17.4. The van der Waals surface area contributed by atoms with Crippen molar-refractivity contribution in [1.82, 2.24) is 14.5 Å². The predicted molar refractivity (Wildman–Crippen MR) is 93.0 cm³/mol. The maximum absolute atomic E-state index is 11.1. The molecule has 2 aromatic heterocycles. The maximum atomic E-state index is 11.1. The molecule has 124 valence electrons. The van der Waals surface area contributed by atoms with Crippen LogP contribution in [0.4, 0.5) is 11.4 Å². The largest absolute Gasteiger partial charge is 0.393 e. The first-order valence-electron chi connectivity index (χ1n) is 7.76. The van der Waals surface area contributed by atoms with Crippen molar-refractivity contribution < 1.29 is 4.92 Å². The van der Waals surface area contributed by atoms with E-state index in [4.69, 9.17) is 5.73 Å². The van der Waals surface area contributed by atoms with Crippen LogP contribution < -0.4 is 5.73 Å². The normalized spacial score (nSPS) is 11.1. The summed E-state index contributed by atoms with van der Waals surface area (Å²) in [5.74, 6) is 0.908. The number of hydrogen-bond acceptors (Lipinski definition) is 5. The highest BCUT2D eigenvalue weighted by molar-refractivity contribution is 5.76. The van der Waals surface area contributed by atoms with Crippen molar-refractivity contribution in [2.75, 3.05) is 5.73 Å². The number of nitro benzene ring substituents is 1. The molecule has 0 radical (unpaired) electrons. The Morgan fingerprint density at radius 3 is 2.67 bits per heavy atom. The molecular formula is C17H19N5O2. The van der Waals surface area contributed by atoms with Crippen molar-refractivity contribution in [3.8, 4) is 0 Å². The Labute approximate surface area is 139 Å². The van der Waals surface area contributed by atoms with Gasteiger partial charge in [-0.2, -0.15) is 0 Å². The molecular weight excluding hydrogens is 306 g/mol. The van der Waals surface area contributed by atoms with E-state index in [2.05, 4.69) is 9.97 Å². The molecule has 0 bridgehead atoms. The van der Waals surface area contributed by atoms with Crippen LogP contribution in [0.3, 0.4) is 0 Å². The Hall–Kier alpha value is -2.96. The minimum atomic E-state index is -0.460. The minimum Gasteiger partial charge on any atom is -0.393 e. The smallest absolute Gasteiger partial charge is 0.292 e. The molecule has 0 spiro atoms. The average Bonchev–Trinajstić information content (AvgIpc) is 2.87. The van der Waals surface area contributed by atoms with Crippen LogP contribution >= 0.6 is 0 Å². The van der Waals surface area contributed by atoms with Crippen LogP contribution in [0, 0.1) is 24.0 Å². The highest BCUT2D eigenvalue weighted by atomic mass is 16.6. The number of nitro groups is 1. The molecule has 0 aliphatic carbocycles. The van der Waals surface area contributed by atoms with E-state index in [1.54, 1.807) is 12.1 Å². The summed E-state index contributed by atoms with van der Waals surface area (Å²) in [7, 11) is 0. The Morgan fingerprint density at radius 1 is 1.25 bits per heavy atom. The second-order valence-electron chi connectivity index (χ2n) is 5.87. The highest BCUT2D eigenvalue weighted by Crippen LogP contribution is 2.25. The highest BCUT2D eigenvalue weighted by Gasteiger charge is 2.16. The van der Waals surface area contributed by atoms with Crippen LogP contribution in [0.1, 0.15) is 29.6 Å². The Kier molecular flexibility index (Phi) is 3.92. The van der Waals surface area contributed by atoms with Crippen molar-refractivity contribution in [1.29, 1.82) is 0 Å². The fourth-order valence-electron chi connectivity index (χ4n) is 2.91. The fraction of sp³-hybridized carbons (Fsp3) is 0.294. The number of aromatic nitrogens is 3. The van der Waals surface area contributed by atoms with Crippen LogP contribution in [-0.2, 0) is 13.0 Å². The number of hydrogen-bond donors (Lipinski definition) is 1. The van der Waals surface area contributed by atoms with E-state index in [0.29, 0.717) is 6.54 Å². The number of nitrogens with two attached hydrogens (primary N) is 1. The van der Waals surface area contributed by atoms with Crippen molar-refractivity contribution >= 4 is 22.5 Å². The minimum absolute atomic E-state index is 0.0738. The summed E-state index contributed by atoms with van der Waals surface area (Å²) >= 11 is 0. The molecule has 1 aromatic carbocycles. The van der Waals surface area contributed by atoms with E-state index < -0.39 is 4.92 Å². The average molecular weight is 325 g/mol. The number of benzene rings is 1. The fourth-order valence-corrected chi connectivity index (χ4v) is 2.91. The van der Waals surface area contributed by atoms with E-state index >= 15 is 0 Å². The number of imidazole rings is 1. The number of nitrogens with zero attached hydrogens (tertiary/aromatic N) is 4. The van der Waals surface area contributed by atoms with Crippen LogP contribution in [-0.4, -0.2) is 19.5 Å². The van der Waals surface area contributed by atoms with Gasteiger partial charge in [0.25, 0.3) is 5.69 Å². The van der Waals surface area contributed by atoms with Gasteiger partial charge in [-0.25, -0.2) is 9.97 Å². The first-order chi connectivity index (χ1) is 11.4. The first-order valence-corrected chi connectivity index (χ1v) is 7.76. The van der Waals surface area contributed by atoms with Gasteiger partial charge >= 0.3 is 0 Å². The monoisotopic (exact) mass is 325 g/mol. The van der Waals surface area contributed by atoms with Crippen LogP contribution in [0.15, 0.2) is 24.3 Å². The molecule has 0 aliphatic rings. The van der Waals surface area contributed by atoms with E-state index in [9.17, 15) is 10.1 Å². The van der Waals surface area contributed by atoms with Gasteiger partial charge in [-0.3, -0.25) is 10.1 Å². The molecule has 7 nitrogen and oxygen atoms in total. The second kappa shape index (κ2) is 5.92. The molecule has 24 heavy (non-hydrogen) atoms. The third-order valence-electron chi connectivity index (χ3n) is 4.05. The number of pyridine rings is 1. The van der Waals surface area contributed by atoms with Crippen molar-refractivity contribution in [3.63, 3.8) is 0 Å². The van der Waals surface area contributed by atoms with Gasteiger partial charge in [-0.1, -0.05) is 13.0 Å². The SMILES string of the molecule is CCc1nc2c(C)cc(C)nc2n1Cc1ccc(N)c([N+](=O)[O-])c1. The molecule has 3 rings (SSSR count). The van der Waals surface area contributed by atoms with Crippen molar-refractivity contribution in [2.24, 2.45) is 0 Å². The molecule has 0 unspecified atom stereocenters. The summed E-state index contributed by atoms with van der Waals surface area (Å²) in [5, 5.41) is 11.1. The Morgan fingerprint density at radius 2 is 2.00 bits per heavy atom. The molecule has 0 saturated heterocycles. The lowest BCUT2D eigenvalue weighted by molar-refractivity contribution is -0.384. The van der Waals surface area contributed by atoms with E-state index in [0.717, 1.165) is 40.2 Å². The summed E-state index contributed by atoms with van der Waals surface area (Å²) in [5.41, 5.74) is 10.3. The van der Waals surface area contributed by atoms with Gasteiger partial charge in [0.2, 0.25) is 0 Å². The number of rotatable bonds is 4. The summed E-state index contributed by atoms with van der Waals surface area (Å²) in [6.07, 6.45) is 0.756. The summed E-state index contributed by atoms with van der Waals surface area (Å²) in [6, 6.07) is 6.90. The topological polar surface area (TPSA) is 99.9 Å². The van der Waals surface area contributed by atoms with Crippen LogP contribution in [0.25, 0.3) is 11.2 Å². The number of aryl methyl sites for hydroxylation is 3. The number of nitrogen functional groups attached to an aromatic ring is 1. The van der Waals surface area contributed by atoms with Crippen LogP contribution in [0.5, 0.6) is 0 Å². The molecule has 0 fully saturated rings. The summed E-state index contributed by atoms with van der Waals surface area (Å²) in [4.78, 5) is 19.9. The molecule has 2 heterocycles. The van der Waals surface area contributed by atoms with E-state index in [1.807, 2.05) is 31.4 Å². The maximum Gasteiger partial charge on any atom is 0.292 e. The van der Waals surface area contributed by atoms with Gasteiger partial charge < -0.3 is 10.3 Å². The van der Waals surface area contributed by atoms with Crippen molar-refractivity contribution in [3.05, 3.63) is 57.0 Å². The van der Waals surface area contributed by atoms with Gasteiger partial charge in [-0.05, 0) is 37.1 Å². The Balaban J connectivity index is 2.13. The van der Waals surface area contributed by atoms with Gasteiger partial charge in [-0.15, -0.1) is 0 Å². The van der Waals surface area contributed by atoms with Crippen LogP contribution in [0.2, 0.25) is 0 Å². The molecule has 0 aliphatic heterocycles. The third kappa shape index (κ3) is 2.68. The summed E-state index contributed by atoms with van der Waals surface area (Å²) in [6.45, 7) is 6.47. The third-order valence-corrected chi connectivity index (χ3v) is 4.05. The van der Waals surface area contributed by atoms with Gasteiger partial charge in [0.05, 0.1) is 11.5 Å². The second-order valence-corrected chi connectivity index (χ2v) is 5.87. The molecule has 2 N–H and O–H groups in total. The van der Waals surface area contributed by atoms with E-state index in [1.165, 1.54) is 6.07 Å². The molecule has 3 aromatic rings. The first kappa shape index (κ1) is 15.9. The lowest BCUT2D eigenvalue weighted by Crippen LogP contribution is -2.06. The summed E-state index contributed by atoms with van der Waals surface area (Å²) < 4.78 is 2.02.